The van der Waals surface area contributed by atoms with E-state index in [1.165, 1.54) is 4.31 Å². The average molecular weight is 458 g/mol. The molecule has 0 spiro atoms. The van der Waals surface area contributed by atoms with Crippen molar-refractivity contribution in [1.82, 2.24) is 14.5 Å². The predicted molar refractivity (Wildman–Crippen MR) is 123 cm³/mol. The number of benzene rings is 2. The zero-order chi connectivity index (χ0) is 23.1. The number of rotatable bonds is 9. The standard InChI is InChI=1S/C24H31N3O4S/c1-19(24(29)25-2)27(18-21-8-4-3-5-9-21)23(28)15-12-20-10-13-22(14-11-20)32(30,31)26-16-6-7-17-26/h3-5,8-11,13-14,19H,6-7,12,15-18H2,1-2H3,(H,25,29)/t19-/m0/s1. The lowest BCUT2D eigenvalue weighted by Gasteiger charge is -2.28. The van der Waals surface area contributed by atoms with Gasteiger partial charge in [0.25, 0.3) is 0 Å². The van der Waals surface area contributed by atoms with E-state index in [4.69, 9.17) is 0 Å². The predicted octanol–water partition coefficient (Wildman–Crippen LogP) is 2.57. The molecule has 0 radical (unpaired) electrons. The summed E-state index contributed by atoms with van der Waals surface area (Å²) in [5.74, 6) is -0.343. The Kier molecular flexibility index (Phi) is 8.04. The number of nitrogens with one attached hydrogen (secondary N) is 1. The van der Waals surface area contributed by atoms with E-state index in [2.05, 4.69) is 5.32 Å². The largest absolute Gasteiger partial charge is 0.357 e. The number of amides is 2. The minimum absolute atomic E-state index is 0.126. The molecule has 1 saturated heterocycles. The fraction of sp³-hybridized carbons (Fsp3) is 0.417. The van der Waals surface area contributed by atoms with Gasteiger partial charge in [0, 0.05) is 33.1 Å². The van der Waals surface area contributed by atoms with Crippen LogP contribution in [0, 0.1) is 0 Å². The quantitative estimate of drug-likeness (QED) is 0.627. The molecule has 1 heterocycles. The van der Waals surface area contributed by atoms with Gasteiger partial charge < -0.3 is 10.2 Å². The summed E-state index contributed by atoms with van der Waals surface area (Å²) in [6, 6.07) is 15.7. The van der Waals surface area contributed by atoms with Crippen molar-refractivity contribution >= 4 is 21.8 Å². The summed E-state index contributed by atoms with van der Waals surface area (Å²) in [5.41, 5.74) is 1.83. The average Bonchev–Trinajstić information content (AvgIpc) is 3.37. The third-order valence-electron chi connectivity index (χ3n) is 5.86. The zero-order valence-electron chi connectivity index (χ0n) is 18.7. The summed E-state index contributed by atoms with van der Waals surface area (Å²) in [7, 11) is -1.89. The lowest BCUT2D eigenvalue weighted by atomic mass is 10.1. The SMILES string of the molecule is CNC(=O)[C@H](C)N(Cc1ccccc1)C(=O)CCc1ccc(S(=O)(=O)N2CCCC2)cc1. The van der Waals surface area contributed by atoms with Gasteiger partial charge in [0.2, 0.25) is 21.8 Å². The summed E-state index contributed by atoms with van der Waals surface area (Å²) in [6.45, 7) is 3.21. The Hall–Kier alpha value is -2.71. The van der Waals surface area contributed by atoms with E-state index in [9.17, 15) is 18.0 Å². The van der Waals surface area contributed by atoms with Crippen molar-refractivity contribution in [2.24, 2.45) is 0 Å². The lowest BCUT2D eigenvalue weighted by Crippen LogP contribution is -2.46. The highest BCUT2D eigenvalue weighted by molar-refractivity contribution is 7.89. The molecule has 0 saturated carbocycles. The maximum atomic E-state index is 13.0. The number of aryl methyl sites for hydroxylation is 1. The molecule has 1 N–H and O–H groups in total. The maximum absolute atomic E-state index is 13.0. The van der Waals surface area contributed by atoms with Gasteiger partial charge in [-0.05, 0) is 49.4 Å². The Bertz CT molecular complexity index is 1020. The van der Waals surface area contributed by atoms with Gasteiger partial charge in [-0.1, -0.05) is 42.5 Å². The van der Waals surface area contributed by atoms with Gasteiger partial charge in [-0.3, -0.25) is 9.59 Å². The van der Waals surface area contributed by atoms with Crippen LogP contribution in [0.5, 0.6) is 0 Å². The molecule has 2 amide bonds. The second kappa shape index (κ2) is 10.7. The molecular formula is C24H31N3O4S. The van der Waals surface area contributed by atoms with Crippen LogP contribution >= 0.6 is 0 Å². The van der Waals surface area contributed by atoms with Crippen LogP contribution in [0.15, 0.2) is 59.5 Å². The number of hydrogen-bond donors (Lipinski definition) is 1. The van der Waals surface area contributed by atoms with E-state index < -0.39 is 16.1 Å². The van der Waals surface area contributed by atoms with Crippen molar-refractivity contribution in [3.63, 3.8) is 0 Å². The number of nitrogens with zero attached hydrogens (tertiary/aromatic N) is 2. The summed E-state index contributed by atoms with van der Waals surface area (Å²) in [4.78, 5) is 27.1. The van der Waals surface area contributed by atoms with E-state index in [0.29, 0.717) is 26.1 Å². The number of carbonyl (C=O) groups excluding carboxylic acids is 2. The summed E-state index contributed by atoms with van der Waals surface area (Å²) in [5, 5.41) is 2.61. The van der Waals surface area contributed by atoms with Crippen LogP contribution in [0.25, 0.3) is 0 Å². The third-order valence-corrected chi connectivity index (χ3v) is 7.78. The molecule has 0 aromatic heterocycles. The van der Waals surface area contributed by atoms with Gasteiger partial charge in [0.05, 0.1) is 4.90 Å². The molecule has 1 aliphatic heterocycles. The van der Waals surface area contributed by atoms with Crippen LogP contribution < -0.4 is 5.32 Å². The van der Waals surface area contributed by atoms with Gasteiger partial charge in [0.15, 0.2) is 0 Å². The van der Waals surface area contributed by atoms with Gasteiger partial charge >= 0.3 is 0 Å². The van der Waals surface area contributed by atoms with E-state index >= 15 is 0 Å². The molecule has 3 rings (SSSR count). The van der Waals surface area contributed by atoms with Crippen LogP contribution in [0.4, 0.5) is 0 Å². The summed E-state index contributed by atoms with van der Waals surface area (Å²) in [6.07, 6.45) is 2.49. The molecular weight excluding hydrogens is 426 g/mol. The van der Waals surface area contributed by atoms with Crippen molar-refractivity contribution in [3.05, 3.63) is 65.7 Å². The van der Waals surface area contributed by atoms with Gasteiger partial charge in [0.1, 0.15) is 6.04 Å². The first-order valence-electron chi connectivity index (χ1n) is 11.0. The number of hydrogen-bond acceptors (Lipinski definition) is 4. The van der Waals surface area contributed by atoms with Crippen LogP contribution in [0.1, 0.15) is 37.3 Å². The Morgan fingerprint density at radius 1 is 1.00 bits per heavy atom. The minimum Gasteiger partial charge on any atom is -0.357 e. The Morgan fingerprint density at radius 3 is 2.22 bits per heavy atom. The zero-order valence-corrected chi connectivity index (χ0v) is 19.5. The van der Waals surface area contributed by atoms with E-state index in [0.717, 1.165) is 24.0 Å². The molecule has 1 atom stereocenters. The summed E-state index contributed by atoms with van der Waals surface area (Å²) >= 11 is 0. The van der Waals surface area contributed by atoms with Crippen LogP contribution in [0.3, 0.4) is 0 Å². The van der Waals surface area contributed by atoms with E-state index in [-0.39, 0.29) is 23.1 Å². The molecule has 0 aliphatic carbocycles. The Labute approximate surface area is 190 Å². The van der Waals surface area contributed by atoms with Crippen LogP contribution in [-0.4, -0.2) is 55.6 Å². The third kappa shape index (κ3) is 5.75. The first kappa shape index (κ1) is 23.9. The van der Waals surface area contributed by atoms with Crippen molar-refractivity contribution in [2.75, 3.05) is 20.1 Å². The second-order valence-electron chi connectivity index (χ2n) is 8.05. The molecule has 1 aliphatic rings. The highest BCUT2D eigenvalue weighted by Gasteiger charge is 2.27. The first-order chi connectivity index (χ1) is 15.3. The normalized spacial score (nSPS) is 15.3. The van der Waals surface area contributed by atoms with Crippen molar-refractivity contribution in [3.8, 4) is 0 Å². The van der Waals surface area contributed by atoms with Crippen LogP contribution in [0.2, 0.25) is 0 Å². The fourth-order valence-corrected chi connectivity index (χ4v) is 5.39. The molecule has 0 bridgehead atoms. The Morgan fingerprint density at radius 2 is 1.62 bits per heavy atom. The van der Waals surface area contributed by atoms with Crippen molar-refractivity contribution < 1.29 is 18.0 Å². The first-order valence-corrected chi connectivity index (χ1v) is 12.4. The van der Waals surface area contributed by atoms with Crippen molar-refractivity contribution in [1.29, 1.82) is 0 Å². The monoisotopic (exact) mass is 457 g/mol. The number of carbonyl (C=O) groups is 2. The minimum atomic E-state index is -3.44. The van der Waals surface area contributed by atoms with Crippen molar-refractivity contribution in [2.45, 2.75) is 50.1 Å². The van der Waals surface area contributed by atoms with Crippen LogP contribution in [-0.2, 0) is 32.6 Å². The maximum Gasteiger partial charge on any atom is 0.243 e. The smallest absolute Gasteiger partial charge is 0.243 e. The second-order valence-corrected chi connectivity index (χ2v) is 9.99. The summed E-state index contributed by atoms with van der Waals surface area (Å²) < 4.78 is 26.9. The molecule has 172 valence electrons. The van der Waals surface area contributed by atoms with E-state index in [1.807, 2.05) is 30.3 Å². The highest BCUT2D eigenvalue weighted by atomic mass is 32.2. The van der Waals surface area contributed by atoms with E-state index in [1.54, 1.807) is 43.1 Å². The van der Waals surface area contributed by atoms with Gasteiger partial charge in [-0.15, -0.1) is 0 Å². The molecule has 0 unspecified atom stereocenters. The highest BCUT2D eigenvalue weighted by Crippen LogP contribution is 2.21. The topological polar surface area (TPSA) is 86.8 Å². The Balaban J connectivity index is 1.66. The molecule has 2 aromatic rings. The van der Waals surface area contributed by atoms with Gasteiger partial charge in [-0.25, -0.2) is 8.42 Å². The lowest BCUT2D eigenvalue weighted by molar-refractivity contribution is -0.140. The molecule has 1 fully saturated rings. The number of likely N-dealkylation sites (N-methyl/N-ethyl adjacent to an activating group) is 1. The molecule has 7 nitrogen and oxygen atoms in total. The molecule has 32 heavy (non-hydrogen) atoms. The van der Waals surface area contributed by atoms with Gasteiger partial charge in [-0.2, -0.15) is 4.31 Å². The molecule has 8 heteroatoms. The molecule has 2 aromatic carbocycles. The number of sulfonamides is 1. The fourth-order valence-electron chi connectivity index (χ4n) is 3.87.